The fourth-order valence-corrected chi connectivity index (χ4v) is 4.08. The Morgan fingerprint density at radius 2 is 1.46 bits per heavy atom. The first-order valence-corrected chi connectivity index (χ1v) is 9.78. The fourth-order valence-electron chi connectivity index (χ4n) is 3.34. The second-order valence-corrected chi connectivity index (χ2v) is 8.64. The molecule has 9 heteroatoms. The van der Waals surface area contributed by atoms with Crippen LogP contribution in [0, 0.1) is 0 Å². The van der Waals surface area contributed by atoms with Crippen molar-refractivity contribution in [2.24, 2.45) is 0 Å². The van der Waals surface area contributed by atoms with Crippen molar-refractivity contribution < 1.29 is 18.1 Å². The van der Waals surface area contributed by atoms with Crippen LogP contribution in [0.1, 0.15) is 11.1 Å². The molecule has 0 aliphatic carbocycles. The van der Waals surface area contributed by atoms with Crippen molar-refractivity contribution in [3.63, 3.8) is 0 Å². The van der Waals surface area contributed by atoms with E-state index in [1.54, 1.807) is 61.6 Å². The second kappa shape index (κ2) is 7.80. The summed E-state index contributed by atoms with van der Waals surface area (Å²) < 4.78 is 40.6. The van der Waals surface area contributed by atoms with Gasteiger partial charge in [-0.05, 0) is 12.1 Å². The topological polar surface area (TPSA) is 7.68 Å². The summed E-state index contributed by atoms with van der Waals surface area (Å²) >= 11 is 20.7. The maximum atomic E-state index is 15.2. The van der Waals surface area contributed by atoms with E-state index in [9.17, 15) is 4.39 Å². The van der Waals surface area contributed by atoms with Crippen LogP contribution in [0.15, 0.2) is 60.7 Å². The standard InChI is InChI=1S/C19H15Cl2F3N2S2/c1-25-14(12-8-4-2-5-9-12)15(13-10-6-3-7-11-13)26(16(25)17(27)28)19(23,24)18(20,21)22/h2-11,16H,1H3,(H,27,28). The third kappa shape index (κ3) is 3.62. The van der Waals surface area contributed by atoms with Gasteiger partial charge in [0.1, 0.15) is 5.70 Å². The highest BCUT2D eigenvalue weighted by Crippen LogP contribution is 2.48. The number of thiocarbonyl (C=S) groups is 1. The Hall–Kier alpha value is -1.38. The van der Waals surface area contributed by atoms with Gasteiger partial charge in [0.15, 0.2) is 11.9 Å². The number of nitrogens with zero attached hydrogens (tertiary/aromatic N) is 1. The summed E-state index contributed by atoms with van der Waals surface area (Å²) in [7, 11) is 1.65. The number of alkyl halides is 5. The van der Waals surface area contributed by atoms with E-state index in [0.29, 0.717) is 26.6 Å². The van der Waals surface area contributed by atoms with Crippen molar-refractivity contribution >= 4 is 63.6 Å². The molecule has 1 heterocycles. The number of nitrogens with one attached hydrogen (secondary N) is 1. The zero-order chi connectivity index (χ0) is 20.7. The molecular formula is C19H15Cl2F3N2S2. The predicted octanol–water partition coefficient (Wildman–Crippen LogP) is 4.24. The van der Waals surface area contributed by atoms with Crippen molar-refractivity contribution in [1.29, 1.82) is 0 Å². The summed E-state index contributed by atoms with van der Waals surface area (Å²) in [6.45, 7) is 0. The number of quaternary nitrogens is 1. The van der Waals surface area contributed by atoms with E-state index < -0.39 is 16.8 Å². The Balaban J connectivity index is 2.36. The zero-order valence-corrected chi connectivity index (χ0v) is 17.6. The van der Waals surface area contributed by atoms with Crippen LogP contribution >= 0.6 is 35.4 Å². The number of halogens is 5. The molecule has 1 aliphatic rings. The van der Waals surface area contributed by atoms with Crippen LogP contribution in [0.25, 0.3) is 11.4 Å². The summed E-state index contributed by atoms with van der Waals surface area (Å²) in [5.74, 6) is 0. The number of hydrogen-bond acceptors (Lipinski definition) is 3. The lowest BCUT2D eigenvalue weighted by Gasteiger charge is -2.38. The molecule has 2 aromatic carbocycles. The molecule has 148 valence electrons. The molecule has 0 amide bonds. The van der Waals surface area contributed by atoms with E-state index in [1.165, 1.54) is 0 Å². The van der Waals surface area contributed by atoms with Crippen molar-refractivity contribution in [1.82, 2.24) is 4.90 Å². The summed E-state index contributed by atoms with van der Waals surface area (Å²) in [6.07, 6.45) is -1.22. The second-order valence-electron chi connectivity index (χ2n) is 6.27. The minimum Gasteiger partial charge on any atom is -0.425 e. The highest BCUT2D eigenvalue weighted by molar-refractivity contribution is 8.00. The molecule has 1 N–H and O–H groups in total. The highest BCUT2D eigenvalue weighted by Gasteiger charge is 2.64. The first-order valence-electron chi connectivity index (χ1n) is 8.21. The maximum Gasteiger partial charge on any atom is 0.392 e. The summed E-state index contributed by atoms with van der Waals surface area (Å²) in [5, 5.41) is 0. The predicted molar refractivity (Wildman–Crippen MR) is 113 cm³/mol. The molecule has 0 saturated carbocycles. The minimum atomic E-state index is -4.30. The van der Waals surface area contributed by atoms with Crippen molar-refractivity contribution in [2.75, 3.05) is 7.05 Å². The van der Waals surface area contributed by atoms with Gasteiger partial charge < -0.3 is 24.8 Å². The molecule has 2 nitrogen and oxygen atoms in total. The molecule has 1 aliphatic heterocycles. The van der Waals surface area contributed by atoms with E-state index in [1.807, 2.05) is 6.07 Å². The third-order valence-electron chi connectivity index (χ3n) is 4.52. The monoisotopic (exact) mass is 462 g/mol. The van der Waals surface area contributed by atoms with E-state index in [4.69, 9.17) is 48.0 Å². The molecular weight excluding hydrogens is 448 g/mol. The SMILES string of the molecule is C[NH+]1C(c2ccccc2)=C(c2ccccc2)N(C(F)(F)C(F)(Cl)Cl)C1C(=S)[S-]. The summed E-state index contributed by atoms with van der Waals surface area (Å²) in [4.78, 5) is 0.984. The molecule has 2 unspecified atom stereocenters. The van der Waals surface area contributed by atoms with Gasteiger partial charge in [-0.15, -0.1) is 0 Å². The fraction of sp³-hybridized carbons (Fsp3) is 0.211. The molecule has 0 spiro atoms. The van der Waals surface area contributed by atoms with Crippen LogP contribution in [-0.2, 0) is 12.6 Å². The first-order chi connectivity index (χ1) is 13.1. The van der Waals surface area contributed by atoms with Gasteiger partial charge >= 0.3 is 10.6 Å². The molecule has 0 fully saturated rings. The van der Waals surface area contributed by atoms with Crippen LogP contribution in [0.5, 0.6) is 0 Å². The maximum absolute atomic E-state index is 15.2. The van der Waals surface area contributed by atoms with Crippen LogP contribution in [0.4, 0.5) is 13.2 Å². The van der Waals surface area contributed by atoms with Crippen LogP contribution in [0.3, 0.4) is 0 Å². The number of rotatable bonds is 5. The van der Waals surface area contributed by atoms with Gasteiger partial charge in [-0.3, -0.25) is 4.90 Å². The van der Waals surface area contributed by atoms with Crippen molar-refractivity contribution in [3.05, 3.63) is 71.8 Å². The van der Waals surface area contributed by atoms with Gasteiger partial charge in [-0.25, -0.2) is 4.90 Å². The molecule has 0 radical (unpaired) electrons. The molecule has 3 rings (SSSR count). The lowest BCUT2D eigenvalue weighted by atomic mass is 10.0. The first kappa shape index (κ1) is 21.3. The van der Waals surface area contributed by atoms with Crippen LogP contribution < -0.4 is 4.90 Å². The largest absolute Gasteiger partial charge is 0.425 e. The Kier molecular flexibility index (Phi) is 5.94. The average molecular weight is 463 g/mol. The molecule has 0 saturated heterocycles. The Labute approximate surface area is 181 Å². The van der Waals surface area contributed by atoms with Gasteiger partial charge in [0, 0.05) is 11.1 Å². The van der Waals surface area contributed by atoms with Gasteiger partial charge in [0.25, 0.3) is 0 Å². The molecule has 2 aromatic rings. The molecule has 28 heavy (non-hydrogen) atoms. The number of hydrogen-bond donors (Lipinski definition) is 1. The lowest BCUT2D eigenvalue weighted by Crippen LogP contribution is -3.11. The zero-order valence-electron chi connectivity index (χ0n) is 14.5. The molecule has 0 aromatic heterocycles. The van der Waals surface area contributed by atoms with Gasteiger partial charge in [0.05, 0.1) is 7.05 Å². The number of benzene rings is 2. The van der Waals surface area contributed by atoms with E-state index >= 15 is 8.78 Å². The minimum absolute atomic E-state index is 0.0647. The van der Waals surface area contributed by atoms with Crippen molar-refractivity contribution in [2.45, 2.75) is 16.8 Å². The summed E-state index contributed by atoms with van der Waals surface area (Å²) in [5.41, 5.74) is 1.66. The normalized spacial score (nSPS) is 20.6. The average Bonchev–Trinajstić information content (AvgIpc) is 2.96. The molecule has 0 bridgehead atoms. The van der Waals surface area contributed by atoms with Gasteiger partial charge in [-0.1, -0.05) is 75.9 Å². The van der Waals surface area contributed by atoms with E-state index in [-0.39, 0.29) is 9.89 Å². The summed E-state index contributed by atoms with van der Waals surface area (Å²) in [6, 6.07) is 13.0. The Bertz CT molecular complexity index is 902. The smallest absolute Gasteiger partial charge is 0.392 e. The van der Waals surface area contributed by atoms with Crippen LogP contribution in [-0.4, -0.2) is 32.9 Å². The van der Waals surface area contributed by atoms with Gasteiger partial charge in [0.2, 0.25) is 0 Å². The Morgan fingerprint density at radius 3 is 1.89 bits per heavy atom. The van der Waals surface area contributed by atoms with E-state index in [0.717, 1.165) is 0 Å². The third-order valence-corrected chi connectivity index (χ3v) is 5.42. The van der Waals surface area contributed by atoms with E-state index in [2.05, 4.69) is 0 Å². The van der Waals surface area contributed by atoms with Crippen molar-refractivity contribution in [3.8, 4) is 0 Å². The Morgan fingerprint density at radius 1 is 1.00 bits per heavy atom. The highest BCUT2D eigenvalue weighted by atomic mass is 35.5. The van der Waals surface area contributed by atoms with Gasteiger partial charge in [-0.2, -0.15) is 13.2 Å². The lowest BCUT2D eigenvalue weighted by molar-refractivity contribution is -0.825. The molecule has 2 atom stereocenters. The van der Waals surface area contributed by atoms with Crippen LogP contribution in [0.2, 0.25) is 0 Å². The quantitative estimate of drug-likeness (QED) is 0.308.